The van der Waals surface area contributed by atoms with E-state index in [0.29, 0.717) is 9.50 Å². The molecule has 0 aliphatic heterocycles. The van der Waals surface area contributed by atoms with Crippen molar-refractivity contribution in [2.75, 3.05) is 10.5 Å². The van der Waals surface area contributed by atoms with E-state index < -0.39 is 10.0 Å². The van der Waals surface area contributed by atoms with E-state index in [4.69, 9.17) is 17.3 Å². The molecule has 1 aromatic heterocycles. The Hall–Kier alpha value is -1.31. The molecule has 100 valence electrons. The summed E-state index contributed by atoms with van der Waals surface area (Å²) < 4.78 is 27.2. The molecule has 19 heavy (non-hydrogen) atoms. The van der Waals surface area contributed by atoms with Crippen LogP contribution in [0.3, 0.4) is 0 Å². The minimum atomic E-state index is -3.76. The molecule has 0 bridgehead atoms. The van der Waals surface area contributed by atoms with Crippen LogP contribution in [0.25, 0.3) is 0 Å². The summed E-state index contributed by atoms with van der Waals surface area (Å²) in [6.07, 6.45) is 2.74. The first-order valence-corrected chi connectivity index (χ1v) is 7.72. The zero-order valence-corrected chi connectivity index (χ0v) is 12.6. The number of benzene rings is 1. The summed E-state index contributed by atoms with van der Waals surface area (Å²) in [5, 5.41) is 0.388. The Kier molecular flexibility index (Phi) is 3.98. The monoisotopic (exact) mass is 361 g/mol. The minimum absolute atomic E-state index is 0.0289. The number of hydrogen-bond acceptors (Lipinski definition) is 4. The Balaban J connectivity index is 2.39. The Morgan fingerprint density at radius 3 is 2.68 bits per heavy atom. The van der Waals surface area contributed by atoms with Gasteiger partial charge in [-0.25, -0.2) is 8.42 Å². The van der Waals surface area contributed by atoms with Crippen LogP contribution in [0, 0.1) is 0 Å². The van der Waals surface area contributed by atoms with Crippen LogP contribution in [0.4, 0.5) is 11.4 Å². The molecule has 0 spiro atoms. The summed E-state index contributed by atoms with van der Waals surface area (Å²) in [5.74, 6) is 0. The van der Waals surface area contributed by atoms with Crippen molar-refractivity contribution in [2.45, 2.75) is 4.90 Å². The van der Waals surface area contributed by atoms with Gasteiger partial charge in [0.25, 0.3) is 10.0 Å². The lowest BCUT2D eigenvalue weighted by Gasteiger charge is -2.10. The van der Waals surface area contributed by atoms with E-state index in [0.717, 1.165) is 0 Å². The molecule has 0 saturated heterocycles. The summed E-state index contributed by atoms with van der Waals surface area (Å²) in [6, 6.07) is 5.99. The van der Waals surface area contributed by atoms with Crippen molar-refractivity contribution in [1.29, 1.82) is 0 Å². The molecule has 0 unspecified atom stereocenters. The predicted molar refractivity (Wildman–Crippen MR) is 78.6 cm³/mol. The third-order valence-electron chi connectivity index (χ3n) is 2.25. The minimum Gasteiger partial charge on any atom is -0.397 e. The van der Waals surface area contributed by atoms with Gasteiger partial charge in [-0.2, -0.15) is 0 Å². The molecule has 0 fully saturated rings. The van der Waals surface area contributed by atoms with E-state index in [2.05, 4.69) is 25.6 Å². The summed E-state index contributed by atoms with van der Waals surface area (Å²) >= 11 is 8.97. The maximum absolute atomic E-state index is 12.1. The first-order valence-electron chi connectivity index (χ1n) is 5.07. The molecule has 0 radical (unpaired) electrons. The molecule has 2 aromatic rings. The first kappa shape index (κ1) is 14.1. The number of pyridine rings is 1. The highest BCUT2D eigenvalue weighted by Crippen LogP contribution is 2.26. The number of nitrogens with two attached hydrogens (primary N) is 1. The van der Waals surface area contributed by atoms with Crippen molar-refractivity contribution < 1.29 is 8.42 Å². The summed E-state index contributed by atoms with van der Waals surface area (Å²) in [6.45, 7) is 0. The van der Waals surface area contributed by atoms with Crippen LogP contribution < -0.4 is 10.5 Å². The van der Waals surface area contributed by atoms with Crippen LogP contribution >= 0.6 is 27.5 Å². The van der Waals surface area contributed by atoms with Gasteiger partial charge < -0.3 is 5.73 Å². The number of sulfonamides is 1. The second kappa shape index (κ2) is 5.36. The van der Waals surface area contributed by atoms with E-state index in [9.17, 15) is 8.42 Å². The number of halogens is 2. The molecule has 0 saturated carbocycles. The van der Waals surface area contributed by atoms with Crippen LogP contribution in [0.15, 0.2) is 46.0 Å². The van der Waals surface area contributed by atoms with Crippen molar-refractivity contribution >= 4 is 48.9 Å². The van der Waals surface area contributed by atoms with E-state index in [-0.39, 0.29) is 16.3 Å². The fraction of sp³-hybridized carbons (Fsp3) is 0. The number of nitrogens with one attached hydrogen (secondary N) is 1. The van der Waals surface area contributed by atoms with Gasteiger partial charge in [0.15, 0.2) is 0 Å². The summed E-state index contributed by atoms with van der Waals surface area (Å²) in [5.41, 5.74) is 6.21. The highest BCUT2D eigenvalue weighted by Gasteiger charge is 2.16. The normalized spacial score (nSPS) is 11.3. The van der Waals surface area contributed by atoms with E-state index in [1.807, 2.05) is 0 Å². The SMILES string of the molecule is Nc1ccc(Cl)cc1NS(=O)(=O)c1cncc(Br)c1. The lowest BCUT2D eigenvalue weighted by atomic mass is 10.3. The van der Waals surface area contributed by atoms with Crippen molar-refractivity contribution in [3.05, 3.63) is 46.2 Å². The van der Waals surface area contributed by atoms with Gasteiger partial charge in [0.2, 0.25) is 0 Å². The molecular formula is C11H9BrClN3O2S. The second-order valence-electron chi connectivity index (χ2n) is 3.68. The molecule has 8 heteroatoms. The first-order chi connectivity index (χ1) is 8.88. The average molecular weight is 363 g/mol. The molecule has 1 aromatic carbocycles. The molecule has 5 nitrogen and oxygen atoms in total. The van der Waals surface area contributed by atoms with Gasteiger partial charge in [0.05, 0.1) is 11.4 Å². The van der Waals surface area contributed by atoms with Gasteiger partial charge in [0.1, 0.15) is 4.90 Å². The third kappa shape index (κ3) is 3.37. The standard InChI is InChI=1S/C11H9BrClN3O2S/c12-7-3-9(6-15-5-7)19(17,18)16-11-4-8(13)1-2-10(11)14/h1-6,16H,14H2. The summed E-state index contributed by atoms with van der Waals surface area (Å²) in [7, 11) is -3.76. The molecule has 0 aliphatic rings. The Morgan fingerprint density at radius 1 is 1.26 bits per heavy atom. The van der Waals surface area contributed by atoms with E-state index >= 15 is 0 Å². The van der Waals surface area contributed by atoms with Gasteiger partial charge in [-0.1, -0.05) is 11.6 Å². The average Bonchev–Trinajstić information content (AvgIpc) is 2.33. The molecule has 0 amide bonds. The van der Waals surface area contributed by atoms with Crippen molar-refractivity contribution in [1.82, 2.24) is 4.98 Å². The van der Waals surface area contributed by atoms with Gasteiger partial charge in [0, 0.05) is 21.9 Å². The van der Waals surface area contributed by atoms with Crippen molar-refractivity contribution in [3.63, 3.8) is 0 Å². The fourth-order valence-corrected chi connectivity index (χ4v) is 3.11. The molecule has 0 aliphatic carbocycles. The van der Waals surface area contributed by atoms with Crippen LogP contribution in [-0.4, -0.2) is 13.4 Å². The highest BCUT2D eigenvalue weighted by molar-refractivity contribution is 9.10. The van der Waals surface area contributed by atoms with E-state index in [1.54, 1.807) is 6.07 Å². The topological polar surface area (TPSA) is 85.1 Å². The molecule has 0 atom stereocenters. The lowest BCUT2D eigenvalue weighted by Crippen LogP contribution is -2.14. The maximum atomic E-state index is 12.1. The smallest absolute Gasteiger partial charge is 0.263 e. The Morgan fingerprint density at radius 2 is 2.00 bits per heavy atom. The molecular weight excluding hydrogens is 354 g/mol. The van der Waals surface area contributed by atoms with Crippen LogP contribution in [0.2, 0.25) is 5.02 Å². The predicted octanol–water partition coefficient (Wildman–Crippen LogP) is 2.88. The van der Waals surface area contributed by atoms with Gasteiger partial charge >= 0.3 is 0 Å². The van der Waals surface area contributed by atoms with Crippen molar-refractivity contribution in [3.8, 4) is 0 Å². The molecule has 2 rings (SSSR count). The van der Waals surface area contributed by atoms with Gasteiger partial charge in [-0.05, 0) is 40.2 Å². The van der Waals surface area contributed by atoms with Crippen molar-refractivity contribution in [2.24, 2.45) is 0 Å². The Bertz CT molecular complexity index is 722. The van der Waals surface area contributed by atoms with Crippen LogP contribution in [-0.2, 0) is 10.0 Å². The zero-order chi connectivity index (χ0) is 14.0. The quantitative estimate of drug-likeness (QED) is 0.822. The number of hydrogen-bond donors (Lipinski definition) is 2. The zero-order valence-electron chi connectivity index (χ0n) is 9.47. The van der Waals surface area contributed by atoms with Crippen LogP contribution in [0.1, 0.15) is 0 Å². The Labute approximate surface area is 124 Å². The largest absolute Gasteiger partial charge is 0.397 e. The number of rotatable bonds is 3. The van der Waals surface area contributed by atoms with E-state index in [1.165, 1.54) is 30.6 Å². The van der Waals surface area contributed by atoms with Crippen LogP contribution in [0.5, 0.6) is 0 Å². The lowest BCUT2D eigenvalue weighted by molar-refractivity contribution is 0.600. The van der Waals surface area contributed by atoms with Gasteiger partial charge in [-0.15, -0.1) is 0 Å². The number of nitrogens with zero attached hydrogens (tertiary/aromatic N) is 1. The summed E-state index contributed by atoms with van der Waals surface area (Å²) in [4.78, 5) is 3.84. The number of anilines is 2. The second-order valence-corrected chi connectivity index (χ2v) is 6.71. The maximum Gasteiger partial charge on any atom is 0.263 e. The third-order valence-corrected chi connectivity index (χ3v) is 4.25. The van der Waals surface area contributed by atoms with Gasteiger partial charge in [-0.3, -0.25) is 9.71 Å². The molecule has 1 heterocycles. The highest BCUT2D eigenvalue weighted by atomic mass is 79.9. The fourth-order valence-electron chi connectivity index (χ4n) is 1.36. The number of nitrogen functional groups attached to an aromatic ring is 1. The number of aromatic nitrogens is 1. The molecule has 3 N–H and O–H groups in total.